The molecular weight excluding hydrogens is 324 g/mol. The van der Waals surface area contributed by atoms with Gasteiger partial charge in [0.25, 0.3) is 0 Å². The van der Waals surface area contributed by atoms with E-state index in [1.807, 2.05) is 0 Å². The smallest absolute Gasteiger partial charge is 0.161 e. The first-order chi connectivity index (χ1) is 12.9. The van der Waals surface area contributed by atoms with Crippen LogP contribution in [-0.2, 0) is 6.42 Å². The number of nitrogens with zero attached hydrogens (tertiary/aromatic N) is 2. The monoisotopic (exact) mass is 358 g/mol. The average Bonchev–Trinajstić information content (AvgIpc) is 2.92. The van der Waals surface area contributed by atoms with Gasteiger partial charge in [0, 0.05) is 26.2 Å². The first-order valence-corrected chi connectivity index (χ1v) is 10.7. The fourth-order valence-corrected chi connectivity index (χ4v) is 4.70. The van der Waals surface area contributed by atoms with Gasteiger partial charge < -0.3 is 19.3 Å². The van der Waals surface area contributed by atoms with Crippen molar-refractivity contribution in [1.82, 2.24) is 9.80 Å². The lowest BCUT2D eigenvalue weighted by Crippen LogP contribution is -2.35. The lowest BCUT2D eigenvalue weighted by atomic mass is 9.89. The van der Waals surface area contributed by atoms with E-state index in [1.165, 1.54) is 76.8 Å². The fraction of sp³-hybridized carbons (Fsp3) is 0.727. The van der Waals surface area contributed by atoms with Crippen molar-refractivity contribution in [3.8, 4) is 11.5 Å². The third kappa shape index (κ3) is 4.92. The van der Waals surface area contributed by atoms with E-state index >= 15 is 0 Å². The van der Waals surface area contributed by atoms with E-state index in [-0.39, 0.29) is 0 Å². The summed E-state index contributed by atoms with van der Waals surface area (Å²) in [5.41, 5.74) is 1.36. The van der Waals surface area contributed by atoms with Crippen LogP contribution in [0.15, 0.2) is 18.2 Å². The predicted octanol–water partition coefficient (Wildman–Crippen LogP) is 3.59. The fourth-order valence-electron chi connectivity index (χ4n) is 4.70. The SMILES string of the molecule is c1cc2c(cc1CCN1CCCN(CC3CCCCC3)CC1)OCCO2. The van der Waals surface area contributed by atoms with Gasteiger partial charge in [0.15, 0.2) is 11.5 Å². The molecule has 0 amide bonds. The molecule has 0 atom stereocenters. The van der Waals surface area contributed by atoms with Gasteiger partial charge in [-0.1, -0.05) is 25.3 Å². The molecule has 0 spiro atoms. The second-order valence-electron chi connectivity index (χ2n) is 8.23. The van der Waals surface area contributed by atoms with E-state index in [4.69, 9.17) is 9.47 Å². The third-order valence-electron chi connectivity index (χ3n) is 6.25. The maximum atomic E-state index is 5.72. The molecule has 4 rings (SSSR count). The molecule has 4 nitrogen and oxygen atoms in total. The predicted molar refractivity (Wildman–Crippen MR) is 105 cm³/mol. The van der Waals surface area contributed by atoms with Crippen LogP contribution in [0.2, 0.25) is 0 Å². The van der Waals surface area contributed by atoms with E-state index < -0.39 is 0 Å². The van der Waals surface area contributed by atoms with Crippen molar-refractivity contribution in [2.24, 2.45) is 5.92 Å². The molecule has 2 heterocycles. The number of benzene rings is 1. The van der Waals surface area contributed by atoms with Gasteiger partial charge in [0.2, 0.25) is 0 Å². The van der Waals surface area contributed by atoms with Crippen LogP contribution in [0, 0.1) is 5.92 Å². The molecule has 1 aromatic carbocycles. The summed E-state index contributed by atoms with van der Waals surface area (Å²) in [6.07, 6.45) is 9.71. The second kappa shape index (κ2) is 9.09. The minimum atomic E-state index is 0.664. The Balaban J connectivity index is 1.23. The Morgan fingerprint density at radius 3 is 2.46 bits per heavy atom. The van der Waals surface area contributed by atoms with E-state index in [0.717, 1.165) is 30.4 Å². The maximum Gasteiger partial charge on any atom is 0.161 e. The molecule has 1 aliphatic carbocycles. The molecule has 2 fully saturated rings. The van der Waals surface area contributed by atoms with Crippen LogP contribution >= 0.6 is 0 Å². The molecule has 4 heteroatoms. The van der Waals surface area contributed by atoms with Crippen LogP contribution in [0.4, 0.5) is 0 Å². The van der Waals surface area contributed by atoms with Crippen molar-refractivity contribution in [1.29, 1.82) is 0 Å². The van der Waals surface area contributed by atoms with Gasteiger partial charge in [0.05, 0.1) is 0 Å². The molecule has 1 aromatic rings. The topological polar surface area (TPSA) is 24.9 Å². The highest BCUT2D eigenvalue weighted by Gasteiger charge is 2.20. The van der Waals surface area contributed by atoms with Crippen molar-refractivity contribution < 1.29 is 9.47 Å². The molecule has 1 saturated carbocycles. The van der Waals surface area contributed by atoms with Crippen LogP contribution in [0.5, 0.6) is 11.5 Å². The lowest BCUT2D eigenvalue weighted by Gasteiger charge is -2.29. The Bertz CT molecular complexity index is 571. The molecule has 2 aliphatic heterocycles. The van der Waals surface area contributed by atoms with Crippen molar-refractivity contribution in [2.75, 3.05) is 52.5 Å². The Kier molecular flexibility index (Phi) is 6.34. The maximum absolute atomic E-state index is 5.72. The molecule has 0 aromatic heterocycles. The Hall–Kier alpha value is -1.26. The van der Waals surface area contributed by atoms with E-state index in [0.29, 0.717) is 13.2 Å². The highest BCUT2D eigenvalue weighted by molar-refractivity contribution is 5.43. The van der Waals surface area contributed by atoms with Gasteiger partial charge in [-0.05, 0) is 62.4 Å². The van der Waals surface area contributed by atoms with Crippen LogP contribution in [-0.4, -0.2) is 62.3 Å². The normalized spacial score (nSPS) is 22.9. The third-order valence-corrected chi connectivity index (χ3v) is 6.25. The molecular formula is C22H34N2O2. The van der Waals surface area contributed by atoms with Gasteiger partial charge in [-0.2, -0.15) is 0 Å². The molecule has 0 bridgehead atoms. The van der Waals surface area contributed by atoms with E-state index in [2.05, 4.69) is 28.0 Å². The summed E-state index contributed by atoms with van der Waals surface area (Å²) < 4.78 is 11.3. The van der Waals surface area contributed by atoms with Crippen molar-refractivity contribution >= 4 is 0 Å². The summed E-state index contributed by atoms with van der Waals surface area (Å²) in [7, 11) is 0. The molecule has 26 heavy (non-hydrogen) atoms. The van der Waals surface area contributed by atoms with Crippen molar-refractivity contribution in [3.05, 3.63) is 23.8 Å². The van der Waals surface area contributed by atoms with Gasteiger partial charge in [0.1, 0.15) is 13.2 Å². The number of fused-ring (bicyclic) bond motifs is 1. The van der Waals surface area contributed by atoms with Crippen molar-refractivity contribution in [3.63, 3.8) is 0 Å². The summed E-state index contributed by atoms with van der Waals surface area (Å²) in [6, 6.07) is 6.43. The molecule has 0 N–H and O–H groups in total. The first-order valence-electron chi connectivity index (χ1n) is 10.7. The Morgan fingerprint density at radius 2 is 1.58 bits per heavy atom. The number of hydrogen-bond acceptors (Lipinski definition) is 4. The minimum absolute atomic E-state index is 0.664. The second-order valence-corrected chi connectivity index (χ2v) is 8.23. The molecule has 0 unspecified atom stereocenters. The minimum Gasteiger partial charge on any atom is -0.486 e. The van der Waals surface area contributed by atoms with Gasteiger partial charge in [-0.3, -0.25) is 0 Å². The Morgan fingerprint density at radius 1 is 0.808 bits per heavy atom. The molecule has 3 aliphatic rings. The zero-order valence-corrected chi connectivity index (χ0v) is 16.1. The van der Waals surface area contributed by atoms with Crippen molar-refractivity contribution in [2.45, 2.75) is 44.9 Å². The number of ether oxygens (including phenoxy) is 2. The summed E-state index contributed by atoms with van der Waals surface area (Å²) in [6.45, 7) is 8.82. The zero-order valence-electron chi connectivity index (χ0n) is 16.1. The Labute approximate surface area is 158 Å². The average molecular weight is 359 g/mol. The highest BCUT2D eigenvalue weighted by atomic mass is 16.6. The summed E-state index contributed by atoms with van der Waals surface area (Å²) in [5, 5.41) is 0. The summed E-state index contributed by atoms with van der Waals surface area (Å²) in [5.74, 6) is 2.78. The van der Waals surface area contributed by atoms with Crippen LogP contribution < -0.4 is 9.47 Å². The quantitative estimate of drug-likeness (QED) is 0.803. The van der Waals surface area contributed by atoms with Crippen LogP contribution in [0.3, 0.4) is 0 Å². The van der Waals surface area contributed by atoms with Crippen LogP contribution in [0.1, 0.15) is 44.1 Å². The van der Waals surface area contributed by atoms with Gasteiger partial charge in [-0.15, -0.1) is 0 Å². The first kappa shape index (κ1) is 18.1. The molecule has 0 radical (unpaired) electrons. The van der Waals surface area contributed by atoms with Gasteiger partial charge >= 0.3 is 0 Å². The van der Waals surface area contributed by atoms with E-state index in [9.17, 15) is 0 Å². The standard InChI is InChI=1S/C22H34N2O2/c1-2-5-20(6-3-1)18-24-11-4-10-23(13-14-24)12-9-19-7-8-21-22(17-19)26-16-15-25-21/h7-8,17,20H,1-6,9-16,18H2. The zero-order chi connectivity index (χ0) is 17.6. The molecule has 1 saturated heterocycles. The van der Waals surface area contributed by atoms with E-state index in [1.54, 1.807) is 0 Å². The van der Waals surface area contributed by atoms with Crippen LogP contribution in [0.25, 0.3) is 0 Å². The number of hydrogen-bond donors (Lipinski definition) is 0. The summed E-state index contributed by atoms with van der Waals surface area (Å²) >= 11 is 0. The largest absolute Gasteiger partial charge is 0.486 e. The lowest BCUT2D eigenvalue weighted by molar-refractivity contribution is 0.171. The number of rotatable bonds is 5. The highest BCUT2D eigenvalue weighted by Crippen LogP contribution is 2.31. The molecule has 144 valence electrons. The van der Waals surface area contributed by atoms with Gasteiger partial charge in [-0.25, -0.2) is 0 Å². The summed E-state index contributed by atoms with van der Waals surface area (Å²) in [4.78, 5) is 5.39.